The normalized spacial score (nSPS) is 11.7. The Hall–Kier alpha value is -3.19. The average Bonchev–Trinajstić information content (AvgIpc) is 3.10. The smallest absolute Gasteiger partial charge is 0.338 e. The first kappa shape index (κ1) is 19.6. The summed E-state index contributed by atoms with van der Waals surface area (Å²) in [4.78, 5) is 24.5. The molecule has 8 heteroatoms. The highest BCUT2D eigenvalue weighted by molar-refractivity contribution is 6.31. The highest BCUT2D eigenvalue weighted by atomic mass is 35.5. The molecule has 2 aromatic carbocycles. The number of hydrogen-bond donors (Lipinski definition) is 1. The summed E-state index contributed by atoms with van der Waals surface area (Å²) >= 11 is 5.68. The predicted octanol–water partition coefficient (Wildman–Crippen LogP) is 4.16. The lowest BCUT2D eigenvalue weighted by atomic mass is 10.2. The molecule has 3 aromatic rings. The van der Waals surface area contributed by atoms with Crippen molar-refractivity contribution in [1.82, 2.24) is 9.78 Å². The number of esters is 1. The molecular weight excluding hydrogens is 385 g/mol. The molecule has 1 aromatic heterocycles. The summed E-state index contributed by atoms with van der Waals surface area (Å²) in [6.07, 6.45) is 0.635. The molecule has 0 unspecified atom stereocenters. The fourth-order valence-corrected chi connectivity index (χ4v) is 2.66. The lowest BCUT2D eigenvalue weighted by molar-refractivity contribution is -0.123. The number of nitrogens with one attached hydrogen (secondary N) is 1. The van der Waals surface area contributed by atoms with Crippen LogP contribution in [0.15, 0.2) is 54.7 Å². The Balaban J connectivity index is 1.62. The third-order valence-corrected chi connectivity index (χ3v) is 4.31. The van der Waals surface area contributed by atoms with Crippen LogP contribution in [0.3, 0.4) is 0 Å². The molecule has 3 rings (SSSR count). The van der Waals surface area contributed by atoms with Crippen LogP contribution in [0.4, 0.5) is 10.1 Å². The maximum Gasteiger partial charge on any atom is 0.338 e. The van der Waals surface area contributed by atoms with Crippen molar-refractivity contribution in [3.05, 3.63) is 76.8 Å². The van der Waals surface area contributed by atoms with E-state index in [1.54, 1.807) is 35.1 Å². The largest absolute Gasteiger partial charge is 0.449 e. The molecule has 28 heavy (non-hydrogen) atoms. The summed E-state index contributed by atoms with van der Waals surface area (Å²) in [7, 11) is 0. The molecule has 0 radical (unpaired) electrons. The van der Waals surface area contributed by atoms with Gasteiger partial charge in [0.1, 0.15) is 5.82 Å². The number of aromatic nitrogens is 2. The number of amides is 1. The number of benzene rings is 2. The predicted molar refractivity (Wildman–Crippen MR) is 103 cm³/mol. The summed E-state index contributed by atoms with van der Waals surface area (Å²) in [5.41, 5.74) is 2.37. The standard InChI is InChI=1S/C20H17ClFN3O3/c1-12-9-10-23-25(12)16-6-3-14(4-7-16)20(27)28-13(2)19(26)24-15-5-8-18(22)17(21)11-15/h3-11,13H,1-2H3,(H,24,26)/t13-/m1/s1. The number of carbonyl (C=O) groups excluding carboxylic acids is 2. The minimum atomic E-state index is -1.05. The topological polar surface area (TPSA) is 73.2 Å². The van der Waals surface area contributed by atoms with Crippen LogP contribution in [0, 0.1) is 12.7 Å². The van der Waals surface area contributed by atoms with Crippen LogP contribution in [0.5, 0.6) is 0 Å². The molecule has 0 aliphatic rings. The minimum absolute atomic E-state index is 0.116. The molecule has 144 valence electrons. The molecular formula is C20H17ClFN3O3. The average molecular weight is 402 g/mol. The fraction of sp³-hybridized carbons (Fsp3) is 0.150. The van der Waals surface area contributed by atoms with Crippen molar-refractivity contribution in [1.29, 1.82) is 0 Å². The highest BCUT2D eigenvalue weighted by Gasteiger charge is 2.19. The first-order valence-electron chi connectivity index (χ1n) is 8.43. The zero-order valence-electron chi connectivity index (χ0n) is 15.1. The molecule has 0 spiro atoms. The Morgan fingerprint density at radius 3 is 2.50 bits per heavy atom. The van der Waals surface area contributed by atoms with Crippen molar-refractivity contribution >= 4 is 29.2 Å². The quantitative estimate of drug-likeness (QED) is 0.651. The van der Waals surface area contributed by atoms with Crippen molar-refractivity contribution in [2.24, 2.45) is 0 Å². The Bertz CT molecular complexity index is 1020. The van der Waals surface area contributed by atoms with Crippen LogP contribution < -0.4 is 5.32 Å². The molecule has 1 amide bonds. The van der Waals surface area contributed by atoms with E-state index < -0.39 is 23.8 Å². The first-order valence-corrected chi connectivity index (χ1v) is 8.81. The number of aryl methyl sites for hydroxylation is 1. The molecule has 1 N–H and O–H groups in total. The molecule has 6 nitrogen and oxygen atoms in total. The van der Waals surface area contributed by atoms with Crippen LogP contribution >= 0.6 is 11.6 Å². The summed E-state index contributed by atoms with van der Waals surface area (Å²) in [6, 6.07) is 12.3. The van der Waals surface area contributed by atoms with Gasteiger partial charge >= 0.3 is 5.97 Å². The van der Waals surface area contributed by atoms with Gasteiger partial charge in [-0.2, -0.15) is 5.10 Å². The number of anilines is 1. The summed E-state index contributed by atoms with van der Waals surface area (Å²) < 4.78 is 20.1. The van der Waals surface area contributed by atoms with Crippen LogP contribution in [0.2, 0.25) is 5.02 Å². The van der Waals surface area contributed by atoms with Crippen molar-refractivity contribution in [3.63, 3.8) is 0 Å². The van der Waals surface area contributed by atoms with E-state index in [2.05, 4.69) is 10.4 Å². The monoisotopic (exact) mass is 401 g/mol. The van der Waals surface area contributed by atoms with Crippen LogP contribution in [0.1, 0.15) is 23.0 Å². The van der Waals surface area contributed by atoms with Gasteiger partial charge < -0.3 is 10.1 Å². The molecule has 0 aliphatic heterocycles. The van der Waals surface area contributed by atoms with Gasteiger partial charge in [0.2, 0.25) is 0 Å². The zero-order valence-corrected chi connectivity index (χ0v) is 15.9. The molecule has 1 heterocycles. The second-order valence-electron chi connectivity index (χ2n) is 6.10. The van der Waals surface area contributed by atoms with Gasteiger partial charge in [0.25, 0.3) is 5.91 Å². The highest BCUT2D eigenvalue weighted by Crippen LogP contribution is 2.20. The van der Waals surface area contributed by atoms with Crippen molar-refractivity contribution < 1.29 is 18.7 Å². The maximum absolute atomic E-state index is 13.2. The second-order valence-corrected chi connectivity index (χ2v) is 6.50. The second kappa shape index (κ2) is 8.22. The minimum Gasteiger partial charge on any atom is -0.449 e. The summed E-state index contributed by atoms with van der Waals surface area (Å²) in [6.45, 7) is 3.36. The van der Waals surface area contributed by atoms with Gasteiger partial charge in [0.15, 0.2) is 6.10 Å². The Morgan fingerprint density at radius 1 is 1.18 bits per heavy atom. The van der Waals surface area contributed by atoms with Crippen LogP contribution in [-0.4, -0.2) is 27.8 Å². The Kier molecular flexibility index (Phi) is 5.75. The van der Waals surface area contributed by atoms with Crippen molar-refractivity contribution in [2.75, 3.05) is 5.32 Å². The molecule has 0 aliphatic carbocycles. The number of hydrogen-bond acceptors (Lipinski definition) is 4. The molecule has 0 saturated carbocycles. The van der Waals surface area contributed by atoms with E-state index in [-0.39, 0.29) is 5.02 Å². The zero-order chi connectivity index (χ0) is 20.3. The first-order chi connectivity index (χ1) is 13.3. The van der Waals surface area contributed by atoms with E-state index in [9.17, 15) is 14.0 Å². The number of ether oxygens (including phenoxy) is 1. The van der Waals surface area contributed by atoms with Gasteiger partial charge in [-0.3, -0.25) is 4.79 Å². The lowest BCUT2D eigenvalue weighted by Gasteiger charge is -2.14. The molecule has 1 atom stereocenters. The van der Waals surface area contributed by atoms with E-state index in [1.165, 1.54) is 19.1 Å². The third-order valence-electron chi connectivity index (χ3n) is 4.02. The SMILES string of the molecule is Cc1ccnn1-c1ccc(C(=O)O[C@H](C)C(=O)Nc2ccc(F)c(Cl)c2)cc1. The van der Waals surface area contributed by atoms with E-state index in [0.717, 1.165) is 17.4 Å². The van der Waals surface area contributed by atoms with E-state index >= 15 is 0 Å². The Labute approximate surface area is 165 Å². The van der Waals surface area contributed by atoms with Crippen molar-refractivity contribution in [3.8, 4) is 5.69 Å². The van der Waals surface area contributed by atoms with Gasteiger partial charge in [0, 0.05) is 17.6 Å². The summed E-state index contributed by atoms with van der Waals surface area (Å²) in [5.74, 6) is -1.78. The van der Waals surface area contributed by atoms with Gasteiger partial charge in [0.05, 0.1) is 16.3 Å². The number of nitrogens with zero attached hydrogens (tertiary/aromatic N) is 2. The van der Waals surface area contributed by atoms with Gasteiger partial charge in [-0.1, -0.05) is 11.6 Å². The number of carbonyl (C=O) groups is 2. The molecule has 0 fully saturated rings. The fourth-order valence-electron chi connectivity index (χ4n) is 2.48. The third kappa shape index (κ3) is 4.37. The molecule has 0 bridgehead atoms. The van der Waals surface area contributed by atoms with E-state index in [1.807, 2.05) is 13.0 Å². The van der Waals surface area contributed by atoms with Crippen LogP contribution in [0.25, 0.3) is 5.69 Å². The van der Waals surface area contributed by atoms with E-state index in [4.69, 9.17) is 16.3 Å². The van der Waals surface area contributed by atoms with Crippen molar-refractivity contribution in [2.45, 2.75) is 20.0 Å². The lowest BCUT2D eigenvalue weighted by Crippen LogP contribution is -2.30. The number of halogens is 2. The maximum atomic E-state index is 13.2. The van der Waals surface area contributed by atoms with E-state index in [0.29, 0.717) is 11.3 Å². The number of rotatable bonds is 5. The Morgan fingerprint density at radius 2 is 1.89 bits per heavy atom. The van der Waals surface area contributed by atoms with Gasteiger partial charge in [-0.05, 0) is 62.4 Å². The van der Waals surface area contributed by atoms with Gasteiger partial charge in [-0.15, -0.1) is 0 Å². The van der Waals surface area contributed by atoms with Crippen LogP contribution in [-0.2, 0) is 9.53 Å². The molecule has 0 saturated heterocycles. The van der Waals surface area contributed by atoms with Gasteiger partial charge in [-0.25, -0.2) is 13.9 Å². The summed E-state index contributed by atoms with van der Waals surface area (Å²) in [5, 5.41) is 6.60.